The van der Waals surface area contributed by atoms with E-state index in [0.717, 1.165) is 0 Å². The minimum atomic E-state index is -4.43. The van der Waals surface area contributed by atoms with E-state index in [1.165, 1.54) is 30.1 Å². The van der Waals surface area contributed by atoms with Gasteiger partial charge < -0.3 is 14.4 Å². The van der Waals surface area contributed by atoms with Crippen molar-refractivity contribution in [3.05, 3.63) is 29.8 Å². The van der Waals surface area contributed by atoms with Crippen molar-refractivity contribution in [1.82, 2.24) is 4.90 Å². The minimum absolute atomic E-state index is 0.0266. The van der Waals surface area contributed by atoms with Crippen molar-refractivity contribution in [3.63, 3.8) is 0 Å². The molecule has 0 N–H and O–H groups in total. The Balaban J connectivity index is 2.68. The zero-order chi connectivity index (χ0) is 18.3. The van der Waals surface area contributed by atoms with Gasteiger partial charge in [-0.25, -0.2) is 4.79 Å². The number of hydrogen-bond acceptors (Lipinski definition) is 4. The number of rotatable bonds is 7. The van der Waals surface area contributed by atoms with Gasteiger partial charge >= 0.3 is 12.1 Å². The van der Waals surface area contributed by atoms with E-state index >= 15 is 0 Å². The van der Waals surface area contributed by atoms with Gasteiger partial charge in [0.2, 0.25) is 5.91 Å². The number of halogens is 3. The number of carbonyl (C=O) groups is 2. The predicted molar refractivity (Wildman–Crippen MR) is 80.6 cm³/mol. The lowest BCUT2D eigenvalue weighted by atomic mass is 10.1. The summed E-state index contributed by atoms with van der Waals surface area (Å²) in [5, 5.41) is 0. The van der Waals surface area contributed by atoms with Crippen molar-refractivity contribution in [1.29, 1.82) is 0 Å². The molecule has 0 radical (unpaired) electrons. The summed E-state index contributed by atoms with van der Waals surface area (Å²) in [5.41, 5.74) is 0.489. The maximum absolute atomic E-state index is 12.2. The van der Waals surface area contributed by atoms with Crippen LogP contribution in [0.2, 0.25) is 0 Å². The minimum Gasteiger partial charge on any atom is -0.484 e. The van der Waals surface area contributed by atoms with Gasteiger partial charge in [-0.3, -0.25) is 4.79 Å². The molecule has 0 bridgehead atoms. The number of alkyl halides is 3. The molecular weight excluding hydrogens is 327 g/mol. The first-order valence-electron chi connectivity index (χ1n) is 7.34. The Labute approximate surface area is 138 Å². The van der Waals surface area contributed by atoms with E-state index in [1.807, 2.05) is 0 Å². The van der Waals surface area contributed by atoms with Gasteiger partial charge in [-0.15, -0.1) is 0 Å². The van der Waals surface area contributed by atoms with Crippen molar-refractivity contribution in [2.45, 2.75) is 32.5 Å². The third-order valence-corrected chi connectivity index (χ3v) is 3.26. The molecule has 0 spiro atoms. The normalized spacial score (nSPS) is 12.4. The Hall–Kier alpha value is -2.25. The van der Waals surface area contributed by atoms with Gasteiger partial charge in [-0.1, -0.05) is 12.1 Å². The SMILES string of the molecule is CCOC(=O)C(C)N(C)C(=O)Cc1cccc(OCC(F)(F)F)c1. The summed E-state index contributed by atoms with van der Waals surface area (Å²) in [6.07, 6.45) is -4.50. The third kappa shape index (κ3) is 6.47. The van der Waals surface area contributed by atoms with Gasteiger partial charge in [-0.05, 0) is 31.5 Å². The number of esters is 1. The van der Waals surface area contributed by atoms with Crippen LogP contribution in [-0.2, 0) is 20.7 Å². The van der Waals surface area contributed by atoms with E-state index in [1.54, 1.807) is 19.9 Å². The Bertz CT molecular complexity index is 575. The molecule has 1 unspecified atom stereocenters. The molecule has 1 aromatic carbocycles. The second-order valence-electron chi connectivity index (χ2n) is 5.16. The van der Waals surface area contributed by atoms with Crippen molar-refractivity contribution in [2.75, 3.05) is 20.3 Å². The van der Waals surface area contributed by atoms with Crippen molar-refractivity contribution < 1.29 is 32.2 Å². The number of ether oxygens (including phenoxy) is 2. The topological polar surface area (TPSA) is 55.8 Å². The molecule has 1 atom stereocenters. The van der Waals surface area contributed by atoms with Crippen LogP contribution in [0, 0.1) is 0 Å². The van der Waals surface area contributed by atoms with Crippen LogP contribution in [0.15, 0.2) is 24.3 Å². The summed E-state index contributed by atoms with van der Waals surface area (Å²) in [5.74, 6) is -0.849. The lowest BCUT2D eigenvalue weighted by Crippen LogP contribution is -2.42. The maximum atomic E-state index is 12.2. The summed E-state index contributed by atoms with van der Waals surface area (Å²) >= 11 is 0. The standard InChI is InChI=1S/C16H20F3NO4/c1-4-23-15(22)11(2)20(3)14(21)9-12-6-5-7-13(8-12)24-10-16(17,18)19/h5-8,11H,4,9-10H2,1-3H3. The van der Waals surface area contributed by atoms with E-state index in [-0.39, 0.29) is 24.7 Å². The number of likely N-dealkylation sites (N-methyl/N-ethyl adjacent to an activating group) is 1. The molecule has 0 aromatic heterocycles. The first-order valence-corrected chi connectivity index (χ1v) is 7.34. The Morgan fingerprint density at radius 1 is 1.29 bits per heavy atom. The quantitative estimate of drug-likeness (QED) is 0.712. The molecule has 0 saturated carbocycles. The van der Waals surface area contributed by atoms with E-state index in [0.29, 0.717) is 5.56 Å². The van der Waals surface area contributed by atoms with E-state index in [9.17, 15) is 22.8 Å². The highest BCUT2D eigenvalue weighted by molar-refractivity contribution is 5.85. The number of hydrogen-bond donors (Lipinski definition) is 0. The molecule has 24 heavy (non-hydrogen) atoms. The van der Waals surface area contributed by atoms with Gasteiger partial charge in [0.25, 0.3) is 0 Å². The summed E-state index contributed by atoms with van der Waals surface area (Å²) in [4.78, 5) is 25.1. The van der Waals surface area contributed by atoms with Gasteiger partial charge in [0.1, 0.15) is 11.8 Å². The Morgan fingerprint density at radius 2 is 1.96 bits per heavy atom. The number of benzene rings is 1. The first-order chi connectivity index (χ1) is 11.1. The molecule has 0 aliphatic rings. The van der Waals surface area contributed by atoms with E-state index in [4.69, 9.17) is 4.74 Å². The first kappa shape index (κ1) is 19.8. The maximum Gasteiger partial charge on any atom is 0.422 e. The smallest absolute Gasteiger partial charge is 0.422 e. The molecule has 134 valence electrons. The number of amides is 1. The molecule has 0 saturated heterocycles. The lowest BCUT2D eigenvalue weighted by Gasteiger charge is -2.23. The molecule has 0 aliphatic carbocycles. The molecular formula is C16H20F3NO4. The summed E-state index contributed by atoms with van der Waals surface area (Å²) < 4.78 is 46.0. The zero-order valence-corrected chi connectivity index (χ0v) is 13.7. The monoisotopic (exact) mass is 347 g/mol. The van der Waals surface area contributed by atoms with E-state index in [2.05, 4.69) is 4.74 Å². The second kappa shape index (κ2) is 8.56. The van der Waals surface area contributed by atoms with Gasteiger partial charge in [-0.2, -0.15) is 13.2 Å². The summed E-state index contributed by atoms with van der Waals surface area (Å²) in [7, 11) is 1.47. The summed E-state index contributed by atoms with van der Waals surface area (Å²) in [6, 6.07) is 5.10. The van der Waals surface area contributed by atoms with Crippen LogP contribution >= 0.6 is 0 Å². The molecule has 8 heteroatoms. The van der Waals surface area contributed by atoms with Crippen LogP contribution in [0.3, 0.4) is 0 Å². The average molecular weight is 347 g/mol. The fraction of sp³-hybridized carbons (Fsp3) is 0.500. The molecule has 1 amide bonds. The molecule has 1 rings (SSSR count). The van der Waals surface area contributed by atoms with E-state index < -0.39 is 24.8 Å². The number of nitrogens with zero attached hydrogens (tertiary/aromatic N) is 1. The average Bonchev–Trinajstić information content (AvgIpc) is 2.51. The molecule has 0 heterocycles. The molecule has 1 aromatic rings. The largest absolute Gasteiger partial charge is 0.484 e. The lowest BCUT2D eigenvalue weighted by molar-refractivity contribution is -0.153. The van der Waals surface area contributed by atoms with Crippen molar-refractivity contribution >= 4 is 11.9 Å². The molecule has 0 aliphatic heterocycles. The van der Waals surface area contributed by atoms with Crippen LogP contribution in [0.4, 0.5) is 13.2 Å². The van der Waals surface area contributed by atoms with Crippen LogP contribution < -0.4 is 4.74 Å². The van der Waals surface area contributed by atoms with Crippen LogP contribution in [0.1, 0.15) is 19.4 Å². The van der Waals surface area contributed by atoms with Gasteiger partial charge in [0.05, 0.1) is 13.0 Å². The fourth-order valence-corrected chi connectivity index (χ4v) is 1.85. The Morgan fingerprint density at radius 3 is 2.54 bits per heavy atom. The Kier molecular flexibility index (Phi) is 7.06. The van der Waals surface area contributed by atoms with Gasteiger partial charge in [0.15, 0.2) is 6.61 Å². The molecule has 0 fully saturated rings. The summed E-state index contributed by atoms with van der Waals surface area (Å²) in [6.45, 7) is 2.02. The fourth-order valence-electron chi connectivity index (χ4n) is 1.85. The van der Waals surface area contributed by atoms with Crippen molar-refractivity contribution in [3.8, 4) is 5.75 Å². The van der Waals surface area contributed by atoms with Crippen molar-refractivity contribution in [2.24, 2.45) is 0 Å². The highest BCUT2D eigenvalue weighted by Crippen LogP contribution is 2.20. The zero-order valence-electron chi connectivity index (χ0n) is 13.7. The predicted octanol–water partition coefficient (Wildman–Crippen LogP) is 2.58. The van der Waals surface area contributed by atoms with Crippen LogP contribution in [-0.4, -0.2) is 49.3 Å². The molecule has 5 nitrogen and oxygen atoms in total. The highest BCUT2D eigenvalue weighted by Gasteiger charge is 2.28. The highest BCUT2D eigenvalue weighted by atomic mass is 19.4. The number of carbonyl (C=O) groups excluding carboxylic acids is 2. The van der Waals surface area contributed by atoms with Crippen LogP contribution in [0.5, 0.6) is 5.75 Å². The van der Waals surface area contributed by atoms with Gasteiger partial charge in [0, 0.05) is 7.05 Å². The second-order valence-corrected chi connectivity index (χ2v) is 5.16. The third-order valence-electron chi connectivity index (χ3n) is 3.26. The van der Waals surface area contributed by atoms with Crippen LogP contribution in [0.25, 0.3) is 0 Å².